The number of rotatable bonds is 15. The normalized spacial score (nSPS) is 39.0. The lowest BCUT2D eigenvalue weighted by Crippen LogP contribution is -2.66. The summed E-state index contributed by atoms with van der Waals surface area (Å²) < 4.78 is 26.7. The first-order chi connectivity index (χ1) is 19.1. The molecular formula is C22H41NO18. The Balaban J connectivity index is 2.27. The zero-order valence-corrected chi connectivity index (χ0v) is 22.0. The first-order valence-electron chi connectivity index (χ1n) is 12.7. The van der Waals surface area contributed by atoms with E-state index in [9.17, 15) is 61.0 Å². The summed E-state index contributed by atoms with van der Waals surface area (Å²) in [7, 11) is 0. The van der Waals surface area contributed by atoms with Crippen LogP contribution in [0.4, 0.5) is 0 Å². The van der Waals surface area contributed by atoms with E-state index in [1.54, 1.807) is 0 Å². The van der Waals surface area contributed by atoms with Crippen LogP contribution in [-0.2, 0) is 28.5 Å². The molecule has 2 rings (SSSR count). The van der Waals surface area contributed by atoms with Gasteiger partial charge in [-0.3, -0.25) is 0 Å². The fraction of sp³-hybridized carbons (Fsp3) is 0.955. The summed E-state index contributed by atoms with van der Waals surface area (Å²) in [5.74, 6) is -4.59. The maximum absolute atomic E-state index is 12.2. The topological polar surface area (TPSA) is 332 Å². The van der Waals surface area contributed by atoms with E-state index in [0.717, 1.165) is 6.92 Å². The van der Waals surface area contributed by atoms with Crippen molar-refractivity contribution in [1.82, 2.24) is 0 Å². The van der Waals surface area contributed by atoms with E-state index >= 15 is 0 Å². The van der Waals surface area contributed by atoms with Gasteiger partial charge in [-0.2, -0.15) is 0 Å². The molecule has 2 saturated heterocycles. The van der Waals surface area contributed by atoms with Crippen LogP contribution < -0.4 is 5.73 Å². The highest BCUT2D eigenvalue weighted by Gasteiger charge is 2.55. The first-order valence-corrected chi connectivity index (χ1v) is 12.7. The third-order valence-electron chi connectivity index (χ3n) is 6.80. The average Bonchev–Trinajstić information content (AvgIpc) is 2.94. The van der Waals surface area contributed by atoms with Crippen LogP contribution in [0.25, 0.3) is 0 Å². The van der Waals surface area contributed by atoms with Gasteiger partial charge in [-0.15, -0.1) is 0 Å². The summed E-state index contributed by atoms with van der Waals surface area (Å²) in [4.78, 5) is 12.2. The van der Waals surface area contributed by atoms with E-state index in [1.165, 1.54) is 0 Å². The number of carboxylic acids is 1. The van der Waals surface area contributed by atoms with Gasteiger partial charge in [0.05, 0.1) is 38.6 Å². The molecule has 0 aromatic rings. The van der Waals surface area contributed by atoms with Crippen molar-refractivity contribution in [3.8, 4) is 0 Å². The highest BCUT2D eigenvalue weighted by molar-refractivity contribution is 5.76. The summed E-state index contributed by atoms with van der Waals surface area (Å²) in [6.07, 6.45) is -23.6. The molecule has 242 valence electrons. The third kappa shape index (κ3) is 8.46. The Bertz CT molecular complexity index is 806. The van der Waals surface area contributed by atoms with Gasteiger partial charge in [0.15, 0.2) is 12.6 Å². The van der Waals surface area contributed by atoms with E-state index in [1.807, 2.05) is 0 Å². The molecule has 2 fully saturated rings. The molecule has 0 aliphatic carbocycles. The van der Waals surface area contributed by atoms with Crippen LogP contribution >= 0.6 is 0 Å². The van der Waals surface area contributed by atoms with Gasteiger partial charge in [0.2, 0.25) is 0 Å². The van der Waals surface area contributed by atoms with Gasteiger partial charge < -0.3 is 90.7 Å². The Kier molecular flexibility index (Phi) is 13.6. The number of aliphatic hydroxyl groups is 11. The maximum Gasteiger partial charge on any atom is 0.364 e. The summed E-state index contributed by atoms with van der Waals surface area (Å²) >= 11 is 0. The van der Waals surface area contributed by atoms with Crippen molar-refractivity contribution >= 4 is 5.97 Å². The minimum Gasteiger partial charge on any atom is -0.477 e. The van der Waals surface area contributed by atoms with E-state index in [-0.39, 0.29) is 0 Å². The summed E-state index contributed by atoms with van der Waals surface area (Å²) in [6.45, 7) is -2.56. The van der Waals surface area contributed by atoms with E-state index in [0.29, 0.717) is 0 Å². The molecule has 6 unspecified atom stereocenters. The summed E-state index contributed by atoms with van der Waals surface area (Å²) in [5, 5.41) is 119. The van der Waals surface area contributed by atoms with Gasteiger partial charge in [0, 0.05) is 6.42 Å². The van der Waals surface area contributed by atoms with Crippen molar-refractivity contribution in [1.29, 1.82) is 0 Å². The van der Waals surface area contributed by atoms with Crippen molar-refractivity contribution in [3.05, 3.63) is 0 Å². The largest absolute Gasteiger partial charge is 0.477 e. The second-order valence-electron chi connectivity index (χ2n) is 9.90. The first kappa shape index (κ1) is 36.0. The molecule has 0 aromatic carbocycles. The summed E-state index contributed by atoms with van der Waals surface area (Å²) in [5.41, 5.74) is 5.80. The predicted octanol–water partition coefficient (Wildman–Crippen LogP) is -7.76. The van der Waals surface area contributed by atoms with E-state index in [2.05, 4.69) is 0 Å². The van der Waals surface area contributed by atoms with Crippen molar-refractivity contribution in [2.45, 2.75) is 105 Å². The standard InChI is InChI=1S/C22H41NO18/c1-7(27)20(40-17-11(5-26)38-19(34)16(33)15(17)32)39-12(9(29)3-24)6-37-22(21(35)36)2-8(28)13(23)18(41-22)14(31)10(30)4-25/h7-20,24-34H,2-6,23H2,1H3,(H,35,36)/t7-,8+,9+,10+,11?,12?,13?,14+,15?,16-,17+,18?,19?,20-,22+/m0/s1. The lowest BCUT2D eigenvalue weighted by molar-refractivity contribution is -0.342. The number of hydrogen-bond acceptors (Lipinski definition) is 18. The maximum atomic E-state index is 12.2. The molecule has 0 aromatic heterocycles. The zero-order valence-electron chi connectivity index (χ0n) is 22.0. The number of ether oxygens (including phenoxy) is 5. The molecular weight excluding hydrogens is 566 g/mol. The van der Waals surface area contributed by atoms with Gasteiger partial charge in [-0.05, 0) is 6.92 Å². The number of carbonyl (C=O) groups is 1. The lowest BCUT2D eigenvalue weighted by Gasteiger charge is -2.45. The fourth-order valence-corrected chi connectivity index (χ4v) is 4.29. The second kappa shape index (κ2) is 15.5. The minimum absolute atomic E-state index is 0.815. The summed E-state index contributed by atoms with van der Waals surface area (Å²) in [6, 6.07) is -1.43. The van der Waals surface area contributed by atoms with Crippen LogP contribution in [-0.4, -0.2) is 185 Å². The molecule has 14 N–H and O–H groups in total. The van der Waals surface area contributed by atoms with Crippen LogP contribution in [0.3, 0.4) is 0 Å². The smallest absolute Gasteiger partial charge is 0.364 e. The van der Waals surface area contributed by atoms with Crippen molar-refractivity contribution in [3.63, 3.8) is 0 Å². The molecule has 2 heterocycles. The quantitative estimate of drug-likeness (QED) is 0.0768. The molecule has 2 aliphatic heterocycles. The molecule has 2 aliphatic rings. The zero-order chi connectivity index (χ0) is 31.2. The molecule has 15 atom stereocenters. The van der Waals surface area contributed by atoms with Gasteiger partial charge in [0.1, 0.15) is 61.0 Å². The van der Waals surface area contributed by atoms with E-state index in [4.69, 9.17) is 34.5 Å². The lowest BCUT2D eigenvalue weighted by atomic mass is 9.89. The van der Waals surface area contributed by atoms with Crippen molar-refractivity contribution in [2.75, 3.05) is 26.4 Å². The van der Waals surface area contributed by atoms with Crippen LogP contribution in [0.15, 0.2) is 0 Å². The van der Waals surface area contributed by atoms with Gasteiger partial charge >= 0.3 is 5.97 Å². The molecule has 0 radical (unpaired) electrons. The monoisotopic (exact) mass is 607 g/mol. The molecule has 0 spiro atoms. The Morgan fingerprint density at radius 1 is 1.02 bits per heavy atom. The number of hydrogen-bond donors (Lipinski definition) is 13. The van der Waals surface area contributed by atoms with Crippen LogP contribution in [0, 0.1) is 0 Å². The highest BCUT2D eigenvalue weighted by atomic mass is 16.8. The average molecular weight is 608 g/mol. The highest BCUT2D eigenvalue weighted by Crippen LogP contribution is 2.33. The van der Waals surface area contributed by atoms with Crippen molar-refractivity contribution in [2.24, 2.45) is 5.73 Å². The van der Waals surface area contributed by atoms with Gasteiger partial charge in [0.25, 0.3) is 5.79 Å². The minimum atomic E-state index is -2.76. The molecule has 0 saturated carbocycles. The molecule has 19 heteroatoms. The Hall–Kier alpha value is -1.21. The number of carboxylic acid groups (broad SMARTS) is 1. The number of nitrogens with two attached hydrogens (primary N) is 1. The molecule has 19 nitrogen and oxygen atoms in total. The Morgan fingerprint density at radius 2 is 1.63 bits per heavy atom. The fourth-order valence-electron chi connectivity index (χ4n) is 4.29. The van der Waals surface area contributed by atoms with Crippen molar-refractivity contribution < 1.29 is 89.8 Å². The van der Waals surface area contributed by atoms with E-state index < -0.39 is 130 Å². The Morgan fingerprint density at radius 3 is 2.15 bits per heavy atom. The second-order valence-corrected chi connectivity index (χ2v) is 9.90. The molecule has 0 bridgehead atoms. The van der Waals surface area contributed by atoms with Crippen LogP contribution in [0.5, 0.6) is 0 Å². The Labute approximate surface area is 233 Å². The van der Waals surface area contributed by atoms with Crippen LogP contribution in [0.1, 0.15) is 13.3 Å². The molecule has 41 heavy (non-hydrogen) atoms. The van der Waals surface area contributed by atoms with Gasteiger partial charge in [-0.1, -0.05) is 0 Å². The predicted molar refractivity (Wildman–Crippen MR) is 127 cm³/mol. The van der Waals surface area contributed by atoms with Gasteiger partial charge in [-0.25, -0.2) is 4.79 Å². The number of aliphatic carboxylic acids is 1. The van der Waals surface area contributed by atoms with Crippen LogP contribution in [0.2, 0.25) is 0 Å². The third-order valence-corrected chi connectivity index (χ3v) is 6.80. The SMILES string of the molecule is C[C@H](O)[C@@H](OC(CO[C@]1(C(=O)O)C[C@@H](O)C(N)C([C@H](O)[C@H](O)CO)O1)[C@H](O)CO)O[C@@H]1C(CO)OC(O)[C@@H](O)C1O. The molecule has 0 amide bonds. The number of aliphatic hydroxyl groups excluding tert-OH is 11.